The maximum Gasteiger partial charge on any atom is 0.151 e. The molecule has 0 bridgehead atoms. The summed E-state index contributed by atoms with van der Waals surface area (Å²) in [6.45, 7) is 6.27. The third-order valence-electron chi connectivity index (χ3n) is 4.36. The number of anilines is 1. The van der Waals surface area contributed by atoms with Gasteiger partial charge in [-0.2, -0.15) is 5.10 Å². The van der Waals surface area contributed by atoms with E-state index >= 15 is 0 Å². The van der Waals surface area contributed by atoms with Crippen LogP contribution in [0.3, 0.4) is 0 Å². The molecule has 24 heavy (non-hydrogen) atoms. The fourth-order valence-corrected chi connectivity index (χ4v) is 3.21. The van der Waals surface area contributed by atoms with E-state index in [0.29, 0.717) is 11.6 Å². The van der Waals surface area contributed by atoms with Gasteiger partial charge >= 0.3 is 0 Å². The van der Waals surface area contributed by atoms with Gasteiger partial charge in [0.2, 0.25) is 0 Å². The van der Waals surface area contributed by atoms with Gasteiger partial charge in [-0.1, -0.05) is 23.7 Å². The molecule has 0 saturated carbocycles. The highest BCUT2D eigenvalue weighted by molar-refractivity contribution is 6.30. The zero-order valence-electron chi connectivity index (χ0n) is 13.9. The number of aryl methyl sites for hydroxylation is 1. The van der Waals surface area contributed by atoms with Gasteiger partial charge in [0.05, 0.1) is 11.8 Å². The van der Waals surface area contributed by atoms with E-state index in [1.54, 1.807) is 0 Å². The number of rotatable bonds is 4. The molecule has 0 radical (unpaired) electrons. The highest BCUT2D eigenvalue weighted by Crippen LogP contribution is 2.20. The molecule has 1 aromatic carbocycles. The molecule has 2 aromatic rings. The monoisotopic (exact) mass is 346 g/mol. The van der Waals surface area contributed by atoms with Crippen LogP contribution in [0, 0.1) is 6.92 Å². The van der Waals surface area contributed by atoms with E-state index in [9.17, 15) is 5.11 Å². The molecule has 2 heterocycles. The Hall–Kier alpha value is -1.69. The Morgan fingerprint density at radius 2 is 2.00 bits per heavy atom. The van der Waals surface area contributed by atoms with E-state index in [1.165, 1.54) is 0 Å². The average Bonchev–Trinajstić information content (AvgIpc) is 2.81. The minimum Gasteiger partial charge on any atom is -0.387 e. The molecule has 5 nitrogen and oxygen atoms in total. The molecule has 1 atom stereocenters. The van der Waals surface area contributed by atoms with Crippen LogP contribution in [0.15, 0.2) is 36.4 Å². The molecule has 0 spiro atoms. The maximum atomic E-state index is 10.5. The van der Waals surface area contributed by atoms with Crippen LogP contribution in [-0.2, 0) is 0 Å². The van der Waals surface area contributed by atoms with Crippen molar-refractivity contribution in [3.05, 3.63) is 52.7 Å². The molecule has 128 valence electrons. The van der Waals surface area contributed by atoms with Gasteiger partial charge in [0.1, 0.15) is 0 Å². The standard InChI is InChI=1S/C18H23ClN4O/c1-14-6-7-18(21-20-14)23-9-3-8-22(10-11-23)13-17(24)15-4-2-5-16(19)12-15/h2,4-7,12,17,24H,3,8-11,13H2,1H3. The van der Waals surface area contributed by atoms with Gasteiger partial charge in [0.25, 0.3) is 0 Å². The fraction of sp³-hybridized carbons (Fsp3) is 0.444. The highest BCUT2D eigenvalue weighted by Gasteiger charge is 2.19. The van der Waals surface area contributed by atoms with Crippen molar-refractivity contribution < 1.29 is 5.11 Å². The number of hydrogen-bond donors (Lipinski definition) is 1. The van der Waals surface area contributed by atoms with Gasteiger partial charge in [-0.05, 0) is 43.2 Å². The predicted molar refractivity (Wildman–Crippen MR) is 96.5 cm³/mol. The zero-order chi connectivity index (χ0) is 16.9. The summed E-state index contributed by atoms with van der Waals surface area (Å²) in [5.74, 6) is 0.929. The molecule has 1 saturated heterocycles. The van der Waals surface area contributed by atoms with Gasteiger partial charge in [-0.3, -0.25) is 4.90 Å². The molecule has 1 fully saturated rings. The Morgan fingerprint density at radius 1 is 1.12 bits per heavy atom. The number of aromatic nitrogens is 2. The zero-order valence-corrected chi connectivity index (χ0v) is 14.7. The van der Waals surface area contributed by atoms with Crippen LogP contribution in [-0.4, -0.2) is 52.9 Å². The highest BCUT2D eigenvalue weighted by atomic mass is 35.5. The van der Waals surface area contributed by atoms with E-state index < -0.39 is 6.10 Å². The molecule has 3 rings (SSSR count). The lowest BCUT2D eigenvalue weighted by Crippen LogP contribution is -2.33. The Bertz CT molecular complexity index is 664. The Labute approximate surface area is 147 Å². The van der Waals surface area contributed by atoms with Crippen molar-refractivity contribution in [2.24, 2.45) is 0 Å². The molecule has 1 N–H and O–H groups in total. The number of β-amino-alcohol motifs (C(OH)–C–C–N with tert-alkyl or cyclic N) is 1. The van der Waals surface area contributed by atoms with E-state index in [2.05, 4.69) is 20.0 Å². The lowest BCUT2D eigenvalue weighted by Gasteiger charge is -2.24. The molecule has 0 amide bonds. The fourth-order valence-electron chi connectivity index (χ4n) is 3.01. The largest absolute Gasteiger partial charge is 0.387 e. The summed E-state index contributed by atoms with van der Waals surface area (Å²) in [5.41, 5.74) is 1.80. The number of benzene rings is 1. The van der Waals surface area contributed by atoms with E-state index in [1.807, 2.05) is 43.3 Å². The van der Waals surface area contributed by atoms with E-state index in [0.717, 1.165) is 49.7 Å². The van der Waals surface area contributed by atoms with Crippen molar-refractivity contribution in [3.8, 4) is 0 Å². The van der Waals surface area contributed by atoms with Crippen molar-refractivity contribution in [3.63, 3.8) is 0 Å². The first-order valence-electron chi connectivity index (χ1n) is 8.33. The number of halogens is 1. The molecule has 1 unspecified atom stereocenters. The van der Waals surface area contributed by atoms with E-state index in [4.69, 9.17) is 11.6 Å². The summed E-state index contributed by atoms with van der Waals surface area (Å²) < 4.78 is 0. The first-order chi connectivity index (χ1) is 11.6. The number of aliphatic hydroxyl groups is 1. The van der Waals surface area contributed by atoms with Crippen molar-refractivity contribution in [1.29, 1.82) is 0 Å². The third-order valence-corrected chi connectivity index (χ3v) is 4.60. The summed E-state index contributed by atoms with van der Waals surface area (Å²) >= 11 is 6.01. The minimum atomic E-state index is -0.519. The van der Waals surface area contributed by atoms with Gasteiger partial charge < -0.3 is 10.0 Å². The van der Waals surface area contributed by atoms with Crippen LogP contribution in [0.2, 0.25) is 5.02 Å². The number of hydrogen-bond acceptors (Lipinski definition) is 5. The van der Waals surface area contributed by atoms with Gasteiger partial charge in [0, 0.05) is 37.7 Å². The SMILES string of the molecule is Cc1ccc(N2CCCN(CC(O)c3cccc(Cl)c3)CC2)nn1. The predicted octanol–water partition coefficient (Wildman–Crippen LogP) is 2.68. The second kappa shape index (κ2) is 7.92. The first-order valence-corrected chi connectivity index (χ1v) is 8.71. The topological polar surface area (TPSA) is 52.5 Å². The first kappa shape index (κ1) is 17.1. The van der Waals surface area contributed by atoms with Crippen LogP contribution in [0.1, 0.15) is 23.8 Å². The molecular formula is C18H23ClN4O. The molecular weight excluding hydrogens is 324 g/mol. The third kappa shape index (κ3) is 4.44. The average molecular weight is 347 g/mol. The van der Waals surface area contributed by atoms with Crippen molar-refractivity contribution >= 4 is 17.4 Å². The number of aliphatic hydroxyl groups excluding tert-OH is 1. The van der Waals surface area contributed by atoms with Crippen molar-refractivity contribution in [1.82, 2.24) is 15.1 Å². The van der Waals surface area contributed by atoms with Crippen LogP contribution in [0.25, 0.3) is 0 Å². The normalized spacial score (nSPS) is 17.5. The van der Waals surface area contributed by atoms with E-state index in [-0.39, 0.29) is 0 Å². The molecule has 1 aromatic heterocycles. The smallest absolute Gasteiger partial charge is 0.151 e. The quantitative estimate of drug-likeness (QED) is 0.922. The summed E-state index contributed by atoms with van der Waals surface area (Å²) in [6, 6.07) is 11.5. The Morgan fingerprint density at radius 3 is 2.75 bits per heavy atom. The lowest BCUT2D eigenvalue weighted by atomic mass is 10.1. The molecule has 6 heteroatoms. The summed E-state index contributed by atoms with van der Waals surface area (Å²) in [5, 5.41) is 19.5. The van der Waals surface area contributed by atoms with Crippen molar-refractivity contribution in [2.75, 3.05) is 37.6 Å². The van der Waals surface area contributed by atoms with Crippen molar-refractivity contribution in [2.45, 2.75) is 19.4 Å². The Kier molecular flexibility index (Phi) is 5.66. The minimum absolute atomic E-state index is 0.519. The maximum absolute atomic E-state index is 10.5. The molecule has 0 aliphatic carbocycles. The molecule has 1 aliphatic rings. The lowest BCUT2D eigenvalue weighted by molar-refractivity contribution is 0.117. The second-order valence-corrected chi connectivity index (χ2v) is 6.68. The Balaban J connectivity index is 1.58. The summed E-state index contributed by atoms with van der Waals surface area (Å²) in [7, 11) is 0. The van der Waals surface area contributed by atoms with Crippen LogP contribution in [0.5, 0.6) is 0 Å². The van der Waals surface area contributed by atoms with Gasteiger partial charge in [0.15, 0.2) is 5.82 Å². The van der Waals surface area contributed by atoms with Crippen LogP contribution in [0.4, 0.5) is 5.82 Å². The second-order valence-electron chi connectivity index (χ2n) is 6.24. The van der Waals surface area contributed by atoms with Crippen LogP contribution < -0.4 is 4.90 Å². The van der Waals surface area contributed by atoms with Gasteiger partial charge in [-0.15, -0.1) is 5.10 Å². The van der Waals surface area contributed by atoms with Gasteiger partial charge in [-0.25, -0.2) is 0 Å². The van der Waals surface area contributed by atoms with Crippen LogP contribution >= 0.6 is 11.6 Å². The molecule has 1 aliphatic heterocycles. The number of nitrogens with zero attached hydrogens (tertiary/aromatic N) is 4. The summed E-state index contributed by atoms with van der Waals surface area (Å²) in [4.78, 5) is 4.56. The summed E-state index contributed by atoms with van der Waals surface area (Å²) in [6.07, 6.45) is 0.520.